The molecule has 1 N–H and O–H groups in total. The summed E-state index contributed by atoms with van der Waals surface area (Å²) < 4.78 is 12.0. The molecule has 6 nitrogen and oxygen atoms in total. The van der Waals surface area contributed by atoms with E-state index in [2.05, 4.69) is 21.2 Å². The zero-order valence-corrected chi connectivity index (χ0v) is 17.5. The summed E-state index contributed by atoms with van der Waals surface area (Å²) in [4.78, 5) is 26.0. The van der Waals surface area contributed by atoms with Crippen LogP contribution in [-0.4, -0.2) is 41.6 Å². The van der Waals surface area contributed by atoms with Gasteiger partial charge in [0.15, 0.2) is 16.6 Å². The third-order valence-corrected chi connectivity index (χ3v) is 4.87. The summed E-state index contributed by atoms with van der Waals surface area (Å²) in [5, 5.41) is 2.65. The maximum absolute atomic E-state index is 12.5. The Morgan fingerprint density at radius 1 is 1.35 bits per heavy atom. The van der Waals surface area contributed by atoms with E-state index in [0.29, 0.717) is 28.1 Å². The Bertz CT molecular complexity index is 779. The second-order valence-corrected chi connectivity index (χ2v) is 6.98. The van der Waals surface area contributed by atoms with Crippen molar-refractivity contribution in [1.29, 1.82) is 0 Å². The zero-order valence-electron chi connectivity index (χ0n) is 15.1. The van der Waals surface area contributed by atoms with Gasteiger partial charge in [-0.3, -0.25) is 19.8 Å². The van der Waals surface area contributed by atoms with Crippen LogP contribution < -0.4 is 14.8 Å². The van der Waals surface area contributed by atoms with Gasteiger partial charge in [-0.2, -0.15) is 0 Å². The predicted molar refractivity (Wildman–Crippen MR) is 107 cm³/mol. The number of hydrogen-bond acceptors (Lipinski definition) is 5. The number of nitrogens with one attached hydrogen (secondary N) is 1. The SMILES string of the molecule is CC[C@@H](C)Oc1c(Br)cc(/C=C2\C(=O)NC(=S)N(CC)C2=O)cc1OC. The Morgan fingerprint density at radius 3 is 2.62 bits per heavy atom. The molecule has 1 aliphatic heterocycles. The zero-order chi connectivity index (χ0) is 19.4. The van der Waals surface area contributed by atoms with Crippen molar-refractivity contribution in [1.82, 2.24) is 10.2 Å². The smallest absolute Gasteiger partial charge is 0.265 e. The molecule has 0 radical (unpaired) electrons. The molecular weight excluding hydrogens is 420 g/mol. The third-order valence-electron chi connectivity index (χ3n) is 3.96. The highest BCUT2D eigenvalue weighted by Gasteiger charge is 2.32. The van der Waals surface area contributed by atoms with Gasteiger partial charge in [0.05, 0.1) is 17.7 Å². The van der Waals surface area contributed by atoms with E-state index < -0.39 is 11.8 Å². The predicted octanol–water partition coefficient (Wildman–Crippen LogP) is 3.28. The van der Waals surface area contributed by atoms with Gasteiger partial charge in [0.2, 0.25) is 0 Å². The molecule has 26 heavy (non-hydrogen) atoms. The van der Waals surface area contributed by atoms with Crippen LogP contribution in [0.15, 0.2) is 22.2 Å². The lowest BCUT2D eigenvalue weighted by molar-refractivity contribution is -0.128. The molecule has 0 bridgehead atoms. The number of carbonyl (C=O) groups excluding carboxylic acids is 2. The number of thiocarbonyl (C=S) groups is 1. The van der Waals surface area contributed by atoms with Gasteiger partial charge < -0.3 is 9.47 Å². The van der Waals surface area contributed by atoms with Gasteiger partial charge in [-0.15, -0.1) is 0 Å². The summed E-state index contributed by atoms with van der Waals surface area (Å²) in [6, 6.07) is 3.50. The quantitative estimate of drug-likeness (QED) is 0.417. The van der Waals surface area contributed by atoms with Crippen molar-refractivity contribution in [3.8, 4) is 11.5 Å². The summed E-state index contributed by atoms with van der Waals surface area (Å²) in [6.07, 6.45) is 2.39. The van der Waals surface area contributed by atoms with E-state index in [1.807, 2.05) is 13.8 Å². The molecule has 1 fully saturated rings. The van der Waals surface area contributed by atoms with Crippen molar-refractivity contribution in [2.45, 2.75) is 33.3 Å². The number of rotatable bonds is 6. The monoisotopic (exact) mass is 440 g/mol. The van der Waals surface area contributed by atoms with Crippen molar-refractivity contribution >= 4 is 51.2 Å². The minimum atomic E-state index is -0.514. The second-order valence-electron chi connectivity index (χ2n) is 5.74. The van der Waals surface area contributed by atoms with E-state index in [1.54, 1.807) is 19.1 Å². The first-order chi connectivity index (χ1) is 12.3. The molecule has 8 heteroatoms. The number of methoxy groups -OCH3 is 1. The van der Waals surface area contributed by atoms with Crippen molar-refractivity contribution in [3.63, 3.8) is 0 Å². The van der Waals surface area contributed by atoms with Crippen LogP contribution in [0.3, 0.4) is 0 Å². The molecule has 0 aliphatic carbocycles. The average molecular weight is 441 g/mol. The van der Waals surface area contributed by atoms with Crippen LogP contribution in [0.1, 0.15) is 32.8 Å². The summed E-state index contributed by atoms with van der Waals surface area (Å²) in [7, 11) is 1.54. The van der Waals surface area contributed by atoms with Crippen LogP contribution in [0.2, 0.25) is 0 Å². The summed E-state index contributed by atoms with van der Waals surface area (Å²) in [5.41, 5.74) is 0.651. The molecule has 1 saturated heterocycles. The number of ether oxygens (including phenoxy) is 2. The van der Waals surface area contributed by atoms with Crippen LogP contribution in [0, 0.1) is 0 Å². The van der Waals surface area contributed by atoms with E-state index in [0.717, 1.165) is 6.42 Å². The minimum absolute atomic E-state index is 0.0185. The molecule has 1 atom stereocenters. The Hall–Kier alpha value is -1.93. The summed E-state index contributed by atoms with van der Waals surface area (Å²) in [5.74, 6) is 0.161. The van der Waals surface area contributed by atoms with Gasteiger partial charge in [-0.05, 0) is 72.2 Å². The van der Waals surface area contributed by atoms with Crippen LogP contribution in [0.5, 0.6) is 11.5 Å². The molecule has 1 heterocycles. The number of benzene rings is 1. The highest BCUT2D eigenvalue weighted by atomic mass is 79.9. The molecule has 1 aromatic carbocycles. The molecule has 1 aromatic rings. The van der Waals surface area contributed by atoms with Crippen LogP contribution in [-0.2, 0) is 9.59 Å². The van der Waals surface area contributed by atoms with Crippen molar-refractivity contribution in [2.24, 2.45) is 0 Å². The molecule has 0 saturated carbocycles. The number of hydrogen-bond donors (Lipinski definition) is 1. The standard InChI is InChI=1S/C18H21BrN2O4S/c1-5-10(3)25-15-13(19)8-11(9-14(15)24-4)7-12-16(22)20-18(26)21(6-2)17(12)23/h7-10H,5-6H2,1-4H3,(H,20,22,26)/b12-7+/t10-/m1/s1. The first-order valence-corrected chi connectivity index (χ1v) is 9.45. The Morgan fingerprint density at radius 2 is 2.04 bits per heavy atom. The van der Waals surface area contributed by atoms with E-state index in [9.17, 15) is 9.59 Å². The molecule has 2 rings (SSSR count). The fraction of sp³-hybridized carbons (Fsp3) is 0.389. The Balaban J connectivity index is 2.44. The van der Waals surface area contributed by atoms with Crippen molar-refractivity contribution < 1.29 is 19.1 Å². The number of likely N-dealkylation sites (N-methyl/N-ethyl adjacent to an activating group) is 1. The van der Waals surface area contributed by atoms with Crippen LogP contribution in [0.25, 0.3) is 6.08 Å². The minimum Gasteiger partial charge on any atom is -0.493 e. The first kappa shape index (κ1) is 20.4. The maximum atomic E-state index is 12.5. The average Bonchev–Trinajstić information content (AvgIpc) is 2.60. The molecule has 0 unspecified atom stereocenters. The lowest BCUT2D eigenvalue weighted by atomic mass is 10.1. The second kappa shape index (κ2) is 8.64. The van der Waals surface area contributed by atoms with Gasteiger partial charge in [0, 0.05) is 6.54 Å². The first-order valence-electron chi connectivity index (χ1n) is 8.25. The van der Waals surface area contributed by atoms with Crippen LogP contribution >= 0.6 is 28.1 Å². The van der Waals surface area contributed by atoms with Crippen LogP contribution in [0.4, 0.5) is 0 Å². The lowest BCUT2D eigenvalue weighted by Gasteiger charge is -2.27. The molecule has 0 spiro atoms. The van der Waals surface area contributed by atoms with E-state index in [-0.39, 0.29) is 16.8 Å². The highest BCUT2D eigenvalue weighted by Crippen LogP contribution is 2.38. The molecule has 0 aromatic heterocycles. The van der Waals surface area contributed by atoms with Gasteiger partial charge in [0.25, 0.3) is 11.8 Å². The van der Waals surface area contributed by atoms with Crippen molar-refractivity contribution in [3.05, 3.63) is 27.7 Å². The normalized spacial score (nSPS) is 17.3. The number of carbonyl (C=O) groups is 2. The molecule has 140 valence electrons. The summed E-state index contributed by atoms with van der Waals surface area (Å²) in [6.45, 7) is 6.17. The topological polar surface area (TPSA) is 67.9 Å². The number of halogens is 1. The summed E-state index contributed by atoms with van der Waals surface area (Å²) >= 11 is 8.50. The largest absolute Gasteiger partial charge is 0.493 e. The van der Waals surface area contributed by atoms with Gasteiger partial charge >= 0.3 is 0 Å². The number of amides is 2. The Labute approximate surface area is 166 Å². The molecule has 2 amide bonds. The lowest BCUT2D eigenvalue weighted by Crippen LogP contribution is -2.53. The molecule has 1 aliphatic rings. The van der Waals surface area contributed by atoms with Crippen molar-refractivity contribution in [2.75, 3.05) is 13.7 Å². The van der Waals surface area contributed by atoms with Gasteiger partial charge in [-0.25, -0.2) is 0 Å². The fourth-order valence-electron chi connectivity index (χ4n) is 2.37. The molecular formula is C18H21BrN2O4S. The van der Waals surface area contributed by atoms with E-state index >= 15 is 0 Å². The maximum Gasteiger partial charge on any atom is 0.265 e. The fourth-order valence-corrected chi connectivity index (χ4v) is 3.23. The third kappa shape index (κ3) is 4.24. The highest BCUT2D eigenvalue weighted by molar-refractivity contribution is 9.10. The van der Waals surface area contributed by atoms with E-state index in [1.165, 1.54) is 18.1 Å². The number of nitrogens with zero attached hydrogens (tertiary/aromatic N) is 1. The Kier molecular flexibility index (Phi) is 6.77. The van der Waals surface area contributed by atoms with Gasteiger partial charge in [-0.1, -0.05) is 6.92 Å². The van der Waals surface area contributed by atoms with E-state index in [4.69, 9.17) is 21.7 Å². The van der Waals surface area contributed by atoms with Gasteiger partial charge in [0.1, 0.15) is 5.57 Å².